The van der Waals surface area contributed by atoms with E-state index in [2.05, 4.69) is 11.0 Å². The standard InChI is InChI=1S/C18H18FN3/c19-13-3-1-2-12(8-13)10-22-7-4-16-15(11-22)14(9-20)17(21)18(16)5-6-18/h1-3,8H,4-7,10-11,21H2. The summed E-state index contributed by atoms with van der Waals surface area (Å²) in [6.45, 7) is 2.40. The molecule has 0 unspecified atom stereocenters. The van der Waals surface area contributed by atoms with Crippen LogP contribution in [-0.4, -0.2) is 18.0 Å². The van der Waals surface area contributed by atoms with E-state index in [1.165, 1.54) is 11.6 Å². The molecule has 2 aliphatic carbocycles. The molecule has 3 aliphatic rings. The van der Waals surface area contributed by atoms with Gasteiger partial charge in [0.25, 0.3) is 0 Å². The highest BCUT2D eigenvalue weighted by Crippen LogP contribution is 2.63. The van der Waals surface area contributed by atoms with E-state index >= 15 is 0 Å². The van der Waals surface area contributed by atoms with Crippen LogP contribution in [0.5, 0.6) is 0 Å². The summed E-state index contributed by atoms with van der Waals surface area (Å²) in [5.41, 5.74) is 11.3. The highest BCUT2D eigenvalue weighted by Gasteiger charge is 2.55. The molecular formula is C18H18FN3. The third-order valence-corrected chi connectivity index (χ3v) is 5.25. The molecule has 1 aromatic carbocycles. The number of nitriles is 1. The average molecular weight is 295 g/mol. The van der Waals surface area contributed by atoms with E-state index in [1.54, 1.807) is 12.1 Å². The lowest BCUT2D eigenvalue weighted by Gasteiger charge is -2.30. The number of allylic oxidation sites excluding steroid dienone is 1. The monoisotopic (exact) mass is 295 g/mol. The number of nitrogens with zero attached hydrogens (tertiary/aromatic N) is 2. The first-order chi connectivity index (χ1) is 10.6. The van der Waals surface area contributed by atoms with Gasteiger partial charge in [-0.2, -0.15) is 5.26 Å². The van der Waals surface area contributed by atoms with E-state index in [9.17, 15) is 9.65 Å². The van der Waals surface area contributed by atoms with Crippen molar-refractivity contribution >= 4 is 0 Å². The van der Waals surface area contributed by atoms with Gasteiger partial charge in [0, 0.05) is 30.7 Å². The third-order valence-electron chi connectivity index (χ3n) is 5.25. The number of hydrogen-bond donors (Lipinski definition) is 1. The van der Waals surface area contributed by atoms with Crippen molar-refractivity contribution in [2.24, 2.45) is 11.1 Å². The average Bonchev–Trinajstić information content (AvgIpc) is 3.25. The van der Waals surface area contributed by atoms with Crippen molar-refractivity contribution in [3.8, 4) is 6.07 Å². The Hall–Kier alpha value is -2.12. The molecule has 2 N–H and O–H groups in total. The zero-order valence-corrected chi connectivity index (χ0v) is 12.4. The summed E-state index contributed by atoms with van der Waals surface area (Å²) in [5.74, 6) is -0.200. The lowest BCUT2D eigenvalue weighted by molar-refractivity contribution is 0.275. The second-order valence-electron chi connectivity index (χ2n) is 6.53. The predicted octanol–water partition coefficient (Wildman–Crippen LogP) is 2.86. The largest absolute Gasteiger partial charge is 0.400 e. The molecule has 0 radical (unpaired) electrons. The molecule has 4 heteroatoms. The SMILES string of the molecule is N#CC1=C(N)C2(CC2)C2=C1CN(Cc1cccc(F)c1)CC2. The molecule has 0 bridgehead atoms. The molecule has 3 nitrogen and oxygen atoms in total. The molecule has 22 heavy (non-hydrogen) atoms. The number of hydrogen-bond acceptors (Lipinski definition) is 3. The van der Waals surface area contributed by atoms with Crippen LogP contribution >= 0.6 is 0 Å². The number of halogens is 1. The second kappa shape index (κ2) is 4.69. The van der Waals surface area contributed by atoms with E-state index in [0.717, 1.165) is 49.2 Å². The summed E-state index contributed by atoms with van der Waals surface area (Å²) in [6.07, 6.45) is 3.15. The Morgan fingerprint density at radius 3 is 2.86 bits per heavy atom. The number of benzene rings is 1. The molecule has 1 aromatic rings. The molecule has 0 aromatic heterocycles. The van der Waals surface area contributed by atoms with Gasteiger partial charge in [0.2, 0.25) is 0 Å². The smallest absolute Gasteiger partial charge is 0.123 e. The normalized spacial score (nSPS) is 22.9. The van der Waals surface area contributed by atoms with Gasteiger partial charge in [0.05, 0.1) is 5.57 Å². The van der Waals surface area contributed by atoms with Crippen LogP contribution in [0.3, 0.4) is 0 Å². The van der Waals surface area contributed by atoms with Crippen LogP contribution in [0, 0.1) is 22.6 Å². The summed E-state index contributed by atoms with van der Waals surface area (Å²) in [5, 5.41) is 9.46. The zero-order chi connectivity index (χ0) is 15.3. The Kier molecular flexibility index (Phi) is 2.88. The highest BCUT2D eigenvalue weighted by atomic mass is 19.1. The fraction of sp³-hybridized carbons (Fsp3) is 0.389. The Bertz CT molecular complexity index is 750. The van der Waals surface area contributed by atoms with Crippen molar-refractivity contribution in [2.45, 2.75) is 25.8 Å². The van der Waals surface area contributed by atoms with E-state index < -0.39 is 0 Å². The van der Waals surface area contributed by atoms with E-state index in [0.29, 0.717) is 12.1 Å². The van der Waals surface area contributed by atoms with Gasteiger partial charge in [-0.3, -0.25) is 4.90 Å². The fourth-order valence-corrected chi connectivity index (χ4v) is 3.99. The lowest BCUT2D eigenvalue weighted by atomic mass is 9.90. The molecular weight excluding hydrogens is 277 g/mol. The van der Waals surface area contributed by atoms with Crippen molar-refractivity contribution in [1.29, 1.82) is 5.26 Å². The minimum Gasteiger partial charge on any atom is -0.400 e. The van der Waals surface area contributed by atoms with Crippen molar-refractivity contribution in [3.63, 3.8) is 0 Å². The summed E-state index contributed by atoms with van der Waals surface area (Å²) in [6, 6.07) is 9.04. The molecule has 1 heterocycles. The topological polar surface area (TPSA) is 53.1 Å². The van der Waals surface area contributed by atoms with Crippen LogP contribution in [0.4, 0.5) is 4.39 Å². The maximum atomic E-state index is 13.3. The number of nitrogens with two attached hydrogens (primary N) is 1. The first kappa shape index (κ1) is 13.5. The molecule has 0 amide bonds. The van der Waals surface area contributed by atoms with Gasteiger partial charge in [0.1, 0.15) is 11.9 Å². The van der Waals surface area contributed by atoms with Gasteiger partial charge in [-0.25, -0.2) is 4.39 Å². The van der Waals surface area contributed by atoms with Crippen LogP contribution < -0.4 is 5.73 Å². The lowest BCUT2D eigenvalue weighted by Crippen LogP contribution is -2.32. The number of rotatable bonds is 2. The molecule has 1 spiro atoms. The van der Waals surface area contributed by atoms with E-state index in [1.807, 2.05) is 6.07 Å². The summed E-state index contributed by atoms with van der Waals surface area (Å²) >= 11 is 0. The van der Waals surface area contributed by atoms with Crippen LogP contribution in [0.2, 0.25) is 0 Å². The Balaban J connectivity index is 1.59. The maximum Gasteiger partial charge on any atom is 0.123 e. The summed E-state index contributed by atoms with van der Waals surface area (Å²) < 4.78 is 13.3. The molecule has 112 valence electrons. The molecule has 0 saturated heterocycles. The van der Waals surface area contributed by atoms with Gasteiger partial charge in [0.15, 0.2) is 0 Å². The van der Waals surface area contributed by atoms with Crippen LogP contribution in [0.1, 0.15) is 24.8 Å². The molecule has 1 fully saturated rings. The minimum atomic E-state index is -0.200. The molecule has 1 aliphatic heterocycles. The van der Waals surface area contributed by atoms with Gasteiger partial charge in [-0.1, -0.05) is 17.7 Å². The van der Waals surface area contributed by atoms with E-state index in [-0.39, 0.29) is 11.2 Å². The highest BCUT2D eigenvalue weighted by molar-refractivity contribution is 5.62. The van der Waals surface area contributed by atoms with Gasteiger partial charge in [-0.05, 0) is 42.5 Å². The second-order valence-corrected chi connectivity index (χ2v) is 6.53. The predicted molar refractivity (Wildman–Crippen MR) is 81.8 cm³/mol. The number of fused-ring (bicyclic) bond motifs is 1. The Labute approximate surface area is 129 Å². The first-order valence-corrected chi connectivity index (χ1v) is 7.74. The van der Waals surface area contributed by atoms with Crippen molar-refractivity contribution in [3.05, 3.63) is 58.1 Å². The zero-order valence-electron chi connectivity index (χ0n) is 12.4. The van der Waals surface area contributed by atoms with Crippen molar-refractivity contribution in [1.82, 2.24) is 4.90 Å². The minimum absolute atomic E-state index is 0.0331. The van der Waals surface area contributed by atoms with Crippen LogP contribution in [0.15, 0.2) is 46.7 Å². The van der Waals surface area contributed by atoms with Gasteiger partial charge in [-0.15, -0.1) is 0 Å². The van der Waals surface area contributed by atoms with Crippen LogP contribution in [0.25, 0.3) is 0 Å². The first-order valence-electron chi connectivity index (χ1n) is 7.74. The quantitative estimate of drug-likeness (QED) is 0.912. The fourth-order valence-electron chi connectivity index (χ4n) is 3.99. The Morgan fingerprint density at radius 1 is 1.36 bits per heavy atom. The maximum absolute atomic E-state index is 13.3. The van der Waals surface area contributed by atoms with Gasteiger partial charge >= 0.3 is 0 Å². The Morgan fingerprint density at radius 2 is 2.18 bits per heavy atom. The van der Waals surface area contributed by atoms with Crippen molar-refractivity contribution < 1.29 is 4.39 Å². The van der Waals surface area contributed by atoms with E-state index in [4.69, 9.17) is 5.73 Å². The van der Waals surface area contributed by atoms with Gasteiger partial charge < -0.3 is 5.73 Å². The summed E-state index contributed by atoms with van der Waals surface area (Å²) in [7, 11) is 0. The van der Waals surface area contributed by atoms with Crippen molar-refractivity contribution in [2.75, 3.05) is 13.1 Å². The van der Waals surface area contributed by atoms with Crippen LogP contribution in [-0.2, 0) is 6.54 Å². The third kappa shape index (κ3) is 1.89. The molecule has 4 rings (SSSR count). The molecule has 1 saturated carbocycles. The summed E-state index contributed by atoms with van der Waals surface area (Å²) in [4.78, 5) is 2.28. The molecule has 0 atom stereocenters.